The van der Waals surface area contributed by atoms with Gasteiger partial charge < -0.3 is 20.7 Å². The van der Waals surface area contributed by atoms with Crippen molar-refractivity contribution in [3.8, 4) is 0 Å². The largest absolute Gasteiger partial charge is 0.450 e. The molecular formula is C13H18BrN3O3. The Balaban J connectivity index is 2.15. The molecule has 0 aliphatic rings. The lowest BCUT2D eigenvalue weighted by atomic mass is 10.2. The van der Waals surface area contributed by atoms with E-state index in [4.69, 9.17) is 0 Å². The van der Waals surface area contributed by atoms with Crippen molar-refractivity contribution in [2.75, 3.05) is 19.7 Å². The van der Waals surface area contributed by atoms with Crippen LogP contribution in [-0.2, 0) is 11.3 Å². The van der Waals surface area contributed by atoms with E-state index in [0.717, 1.165) is 10.0 Å². The van der Waals surface area contributed by atoms with E-state index in [-0.39, 0.29) is 6.03 Å². The first-order valence-corrected chi connectivity index (χ1v) is 7.08. The fraction of sp³-hybridized carbons (Fsp3) is 0.385. The van der Waals surface area contributed by atoms with Crippen molar-refractivity contribution in [1.82, 2.24) is 16.0 Å². The van der Waals surface area contributed by atoms with Crippen molar-refractivity contribution < 1.29 is 14.3 Å². The summed E-state index contributed by atoms with van der Waals surface area (Å²) in [6.45, 7) is 3.14. The summed E-state index contributed by atoms with van der Waals surface area (Å²) in [5.74, 6) is 0. The van der Waals surface area contributed by atoms with E-state index in [2.05, 4.69) is 36.6 Å². The van der Waals surface area contributed by atoms with Crippen LogP contribution < -0.4 is 16.0 Å². The number of benzene rings is 1. The SMILES string of the molecule is CCOC(=O)NCCNC(=O)NCc1ccccc1Br. The second-order valence-electron chi connectivity index (χ2n) is 3.85. The third-order valence-corrected chi connectivity index (χ3v) is 3.13. The van der Waals surface area contributed by atoms with Gasteiger partial charge in [0.1, 0.15) is 0 Å². The minimum absolute atomic E-state index is 0.286. The predicted octanol–water partition coefficient (Wildman–Crippen LogP) is 1.99. The Morgan fingerprint density at radius 1 is 1.15 bits per heavy atom. The first-order valence-electron chi connectivity index (χ1n) is 6.29. The summed E-state index contributed by atoms with van der Waals surface area (Å²) in [6.07, 6.45) is -0.483. The van der Waals surface area contributed by atoms with Gasteiger partial charge in [0.25, 0.3) is 0 Å². The first-order chi connectivity index (χ1) is 9.63. The number of urea groups is 1. The number of amides is 3. The van der Waals surface area contributed by atoms with Crippen LogP contribution in [0.25, 0.3) is 0 Å². The van der Waals surface area contributed by atoms with E-state index in [0.29, 0.717) is 26.2 Å². The van der Waals surface area contributed by atoms with Crippen LogP contribution >= 0.6 is 15.9 Å². The number of alkyl carbamates (subject to hydrolysis) is 1. The first kappa shape index (κ1) is 16.3. The number of rotatable bonds is 6. The number of ether oxygens (including phenoxy) is 1. The predicted molar refractivity (Wildman–Crippen MR) is 79.4 cm³/mol. The quantitative estimate of drug-likeness (QED) is 0.691. The number of hydrogen-bond donors (Lipinski definition) is 3. The highest BCUT2D eigenvalue weighted by Gasteiger charge is 2.03. The molecule has 6 nitrogen and oxygen atoms in total. The van der Waals surface area contributed by atoms with E-state index in [9.17, 15) is 9.59 Å². The zero-order valence-corrected chi connectivity index (χ0v) is 12.8. The van der Waals surface area contributed by atoms with Gasteiger partial charge in [0.2, 0.25) is 0 Å². The normalized spacial score (nSPS) is 9.70. The maximum Gasteiger partial charge on any atom is 0.407 e. The van der Waals surface area contributed by atoms with Gasteiger partial charge in [-0.1, -0.05) is 34.1 Å². The fourth-order valence-corrected chi connectivity index (χ4v) is 1.83. The van der Waals surface area contributed by atoms with Crippen molar-refractivity contribution in [3.63, 3.8) is 0 Å². The van der Waals surface area contributed by atoms with Gasteiger partial charge in [0.05, 0.1) is 6.61 Å². The highest BCUT2D eigenvalue weighted by molar-refractivity contribution is 9.10. The molecule has 0 saturated carbocycles. The molecular weight excluding hydrogens is 326 g/mol. The lowest BCUT2D eigenvalue weighted by Crippen LogP contribution is -2.40. The molecule has 0 spiro atoms. The molecule has 0 aliphatic heterocycles. The van der Waals surface area contributed by atoms with E-state index < -0.39 is 6.09 Å². The van der Waals surface area contributed by atoms with Crippen LogP contribution in [0.3, 0.4) is 0 Å². The van der Waals surface area contributed by atoms with Gasteiger partial charge >= 0.3 is 12.1 Å². The van der Waals surface area contributed by atoms with Gasteiger partial charge in [0, 0.05) is 24.1 Å². The highest BCUT2D eigenvalue weighted by Crippen LogP contribution is 2.14. The van der Waals surface area contributed by atoms with Gasteiger partial charge in [0.15, 0.2) is 0 Å². The molecule has 0 atom stereocenters. The molecule has 0 unspecified atom stereocenters. The summed E-state index contributed by atoms with van der Waals surface area (Å²) in [5.41, 5.74) is 0.993. The average Bonchev–Trinajstić information content (AvgIpc) is 2.43. The summed E-state index contributed by atoms with van der Waals surface area (Å²) in [4.78, 5) is 22.5. The fourth-order valence-electron chi connectivity index (χ4n) is 1.40. The van der Waals surface area contributed by atoms with E-state index in [1.54, 1.807) is 6.92 Å². The third-order valence-electron chi connectivity index (χ3n) is 2.35. The Bertz CT molecular complexity index is 454. The number of nitrogens with one attached hydrogen (secondary N) is 3. The smallest absolute Gasteiger partial charge is 0.407 e. The monoisotopic (exact) mass is 343 g/mol. The molecule has 1 rings (SSSR count). The standard InChI is InChI=1S/C13H18BrN3O3/c1-2-20-13(19)16-8-7-15-12(18)17-9-10-5-3-4-6-11(10)14/h3-6H,2,7-9H2,1H3,(H,16,19)(H2,15,17,18). The van der Waals surface area contributed by atoms with E-state index in [1.807, 2.05) is 24.3 Å². The van der Waals surface area contributed by atoms with Crippen LogP contribution in [0.15, 0.2) is 28.7 Å². The lowest BCUT2D eigenvalue weighted by molar-refractivity contribution is 0.152. The number of carbonyl (C=O) groups excluding carboxylic acids is 2. The molecule has 3 amide bonds. The average molecular weight is 344 g/mol. The van der Waals surface area contributed by atoms with Crippen molar-refractivity contribution in [2.45, 2.75) is 13.5 Å². The second kappa shape index (κ2) is 9.19. The Kier molecular flexibility index (Phi) is 7.49. The van der Waals surface area contributed by atoms with Crippen molar-refractivity contribution in [2.24, 2.45) is 0 Å². The van der Waals surface area contributed by atoms with Crippen LogP contribution in [0, 0.1) is 0 Å². The third kappa shape index (κ3) is 6.42. The minimum atomic E-state index is -0.483. The molecule has 0 aromatic heterocycles. The maximum atomic E-state index is 11.5. The molecule has 1 aromatic carbocycles. The van der Waals surface area contributed by atoms with Crippen LogP contribution in [0.2, 0.25) is 0 Å². The minimum Gasteiger partial charge on any atom is -0.450 e. The zero-order valence-electron chi connectivity index (χ0n) is 11.2. The summed E-state index contributed by atoms with van der Waals surface area (Å²) in [5, 5.41) is 7.87. The van der Waals surface area contributed by atoms with Crippen LogP contribution in [0.1, 0.15) is 12.5 Å². The molecule has 0 fully saturated rings. The summed E-state index contributed by atoms with van der Waals surface area (Å²) < 4.78 is 5.63. The second-order valence-corrected chi connectivity index (χ2v) is 4.70. The number of carbonyl (C=O) groups is 2. The molecule has 0 heterocycles. The van der Waals surface area contributed by atoms with Gasteiger partial charge in [-0.15, -0.1) is 0 Å². The molecule has 0 bridgehead atoms. The molecule has 110 valence electrons. The van der Waals surface area contributed by atoms with Crippen molar-refractivity contribution in [1.29, 1.82) is 0 Å². The Morgan fingerprint density at radius 2 is 1.85 bits per heavy atom. The number of hydrogen-bond acceptors (Lipinski definition) is 3. The topological polar surface area (TPSA) is 79.5 Å². The molecule has 7 heteroatoms. The van der Waals surface area contributed by atoms with Crippen LogP contribution in [0.5, 0.6) is 0 Å². The van der Waals surface area contributed by atoms with E-state index in [1.165, 1.54) is 0 Å². The Hall–Kier alpha value is -1.76. The summed E-state index contributed by atoms with van der Waals surface area (Å²) >= 11 is 3.41. The van der Waals surface area contributed by atoms with Gasteiger partial charge in [-0.3, -0.25) is 0 Å². The van der Waals surface area contributed by atoms with Gasteiger partial charge in [-0.05, 0) is 18.6 Å². The molecule has 20 heavy (non-hydrogen) atoms. The van der Waals surface area contributed by atoms with Crippen LogP contribution in [-0.4, -0.2) is 31.8 Å². The summed E-state index contributed by atoms with van der Waals surface area (Å²) in [6, 6.07) is 7.37. The molecule has 0 radical (unpaired) electrons. The molecule has 1 aromatic rings. The Labute approximate surface area is 126 Å². The van der Waals surface area contributed by atoms with Crippen LogP contribution in [0.4, 0.5) is 9.59 Å². The summed E-state index contributed by atoms with van der Waals surface area (Å²) in [7, 11) is 0. The highest BCUT2D eigenvalue weighted by atomic mass is 79.9. The van der Waals surface area contributed by atoms with Crippen molar-refractivity contribution >= 4 is 28.1 Å². The number of halogens is 1. The Morgan fingerprint density at radius 3 is 2.55 bits per heavy atom. The lowest BCUT2D eigenvalue weighted by Gasteiger charge is -2.09. The molecule has 0 saturated heterocycles. The maximum absolute atomic E-state index is 11.5. The molecule has 3 N–H and O–H groups in total. The van der Waals surface area contributed by atoms with Gasteiger partial charge in [-0.2, -0.15) is 0 Å². The van der Waals surface area contributed by atoms with Crippen molar-refractivity contribution in [3.05, 3.63) is 34.3 Å². The zero-order chi connectivity index (χ0) is 14.8. The van der Waals surface area contributed by atoms with E-state index >= 15 is 0 Å². The molecule has 0 aliphatic carbocycles. The van der Waals surface area contributed by atoms with Gasteiger partial charge in [-0.25, -0.2) is 9.59 Å².